The van der Waals surface area contributed by atoms with Crippen LogP contribution < -0.4 is 15.0 Å². The Hall–Kier alpha value is -2.63. The second kappa shape index (κ2) is 8.84. The number of hydrogen-bond acceptors (Lipinski definition) is 5. The van der Waals surface area contributed by atoms with Gasteiger partial charge in [-0.05, 0) is 57.7 Å². The van der Waals surface area contributed by atoms with Crippen molar-refractivity contribution in [3.05, 3.63) is 41.7 Å². The highest BCUT2D eigenvalue weighted by molar-refractivity contribution is 5.94. The summed E-state index contributed by atoms with van der Waals surface area (Å²) in [7, 11) is 0. The van der Waals surface area contributed by atoms with Crippen LogP contribution in [0.5, 0.6) is 5.75 Å². The van der Waals surface area contributed by atoms with E-state index in [1.54, 1.807) is 0 Å². The number of amides is 1. The summed E-state index contributed by atoms with van der Waals surface area (Å²) in [6.07, 6.45) is 4.17. The zero-order chi connectivity index (χ0) is 19.2. The zero-order valence-corrected chi connectivity index (χ0v) is 16.4. The minimum Gasteiger partial charge on any atom is -0.492 e. The third-order valence-electron chi connectivity index (χ3n) is 5.00. The lowest BCUT2D eigenvalue weighted by Gasteiger charge is -2.25. The predicted octanol–water partition coefficient (Wildman–Crippen LogP) is 3.47. The zero-order valence-electron chi connectivity index (χ0n) is 16.4. The lowest BCUT2D eigenvalue weighted by atomic mass is 9.86. The third-order valence-corrected chi connectivity index (χ3v) is 5.00. The number of ether oxygens (including phenoxy) is 1. The van der Waals surface area contributed by atoms with E-state index >= 15 is 0 Å². The largest absolute Gasteiger partial charge is 0.492 e. The molecule has 1 aliphatic carbocycles. The molecule has 3 rings (SSSR count). The number of para-hydroxylation sites is 2. The van der Waals surface area contributed by atoms with Crippen molar-refractivity contribution >= 4 is 17.5 Å². The second-order valence-electron chi connectivity index (χ2n) is 6.67. The van der Waals surface area contributed by atoms with Gasteiger partial charge in [0.2, 0.25) is 11.9 Å². The first kappa shape index (κ1) is 19.1. The number of carbonyl (C=O) groups excluding carboxylic acids is 1. The average Bonchev–Trinajstić information content (AvgIpc) is 2.70. The SMILES string of the molecule is CCOc1ccccc1NC(=O)[C@H]1CCc2nc(N(CC)CC)ncc2C1. The highest BCUT2D eigenvalue weighted by atomic mass is 16.5. The minimum absolute atomic E-state index is 0.0284. The molecule has 0 radical (unpaired) electrons. The standard InChI is InChI=1S/C21H28N4O2/c1-4-25(5-2)21-22-14-16-13-15(11-12-17(16)24-21)20(26)23-18-9-7-8-10-19(18)27-6-3/h7-10,14-15H,4-6,11-13H2,1-3H3,(H,23,26)/t15-/m0/s1. The summed E-state index contributed by atoms with van der Waals surface area (Å²) < 4.78 is 5.60. The maximum atomic E-state index is 12.8. The van der Waals surface area contributed by atoms with Gasteiger partial charge in [0, 0.05) is 30.9 Å². The van der Waals surface area contributed by atoms with Crippen LogP contribution >= 0.6 is 0 Å². The van der Waals surface area contributed by atoms with E-state index in [2.05, 4.69) is 29.0 Å². The highest BCUT2D eigenvalue weighted by Gasteiger charge is 2.27. The molecule has 0 fully saturated rings. The Kier molecular flexibility index (Phi) is 6.27. The van der Waals surface area contributed by atoms with Crippen molar-refractivity contribution in [1.82, 2.24) is 9.97 Å². The van der Waals surface area contributed by atoms with Crippen molar-refractivity contribution in [1.29, 1.82) is 0 Å². The second-order valence-corrected chi connectivity index (χ2v) is 6.67. The normalized spacial score (nSPS) is 15.7. The van der Waals surface area contributed by atoms with E-state index in [4.69, 9.17) is 9.72 Å². The van der Waals surface area contributed by atoms with Gasteiger partial charge in [-0.25, -0.2) is 9.97 Å². The fraction of sp³-hybridized carbons (Fsp3) is 0.476. The van der Waals surface area contributed by atoms with Crippen molar-refractivity contribution in [3.63, 3.8) is 0 Å². The van der Waals surface area contributed by atoms with Gasteiger partial charge in [0.1, 0.15) is 5.75 Å². The molecule has 1 atom stereocenters. The number of nitrogens with zero attached hydrogens (tertiary/aromatic N) is 3. The van der Waals surface area contributed by atoms with Crippen LogP contribution in [-0.2, 0) is 17.6 Å². The fourth-order valence-electron chi connectivity index (χ4n) is 3.47. The van der Waals surface area contributed by atoms with Gasteiger partial charge in [0.25, 0.3) is 0 Å². The molecule has 1 amide bonds. The summed E-state index contributed by atoms with van der Waals surface area (Å²) in [4.78, 5) is 24.2. The van der Waals surface area contributed by atoms with Gasteiger partial charge in [0.05, 0.1) is 12.3 Å². The number of rotatable bonds is 7. The van der Waals surface area contributed by atoms with E-state index in [0.29, 0.717) is 18.8 Å². The van der Waals surface area contributed by atoms with Gasteiger partial charge in [0.15, 0.2) is 0 Å². The first-order valence-electron chi connectivity index (χ1n) is 9.78. The van der Waals surface area contributed by atoms with Crippen molar-refractivity contribution < 1.29 is 9.53 Å². The number of aromatic nitrogens is 2. The molecule has 6 nitrogen and oxygen atoms in total. The molecular weight excluding hydrogens is 340 g/mol. The molecular formula is C21H28N4O2. The molecule has 0 saturated heterocycles. The van der Waals surface area contributed by atoms with Gasteiger partial charge in [-0.2, -0.15) is 0 Å². The minimum atomic E-state index is -0.0740. The quantitative estimate of drug-likeness (QED) is 0.811. The van der Waals surface area contributed by atoms with E-state index in [1.807, 2.05) is 37.4 Å². The molecule has 0 unspecified atom stereocenters. The maximum Gasteiger partial charge on any atom is 0.227 e. The van der Waals surface area contributed by atoms with Gasteiger partial charge in [-0.15, -0.1) is 0 Å². The molecule has 1 aromatic carbocycles. The monoisotopic (exact) mass is 368 g/mol. The molecule has 0 saturated carbocycles. The molecule has 0 spiro atoms. The molecule has 1 N–H and O–H groups in total. The lowest BCUT2D eigenvalue weighted by Crippen LogP contribution is -2.30. The Balaban J connectivity index is 1.70. The molecule has 1 heterocycles. The van der Waals surface area contributed by atoms with Crippen molar-refractivity contribution in [2.24, 2.45) is 5.92 Å². The Morgan fingerprint density at radius 2 is 2.04 bits per heavy atom. The first-order valence-corrected chi connectivity index (χ1v) is 9.78. The molecule has 0 aliphatic heterocycles. The molecule has 144 valence electrons. The van der Waals surface area contributed by atoms with Gasteiger partial charge in [-0.3, -0.25) is 4.79 Å². The molecule has 2 aromatic rings. The van der Waals surface area contributed by atoms with Crippen LogP contribution in [0.2, 0.25) is 0 Å². The molecule has 27 heavy (non-hydrogen) atoms. The van der Waals surface area contributed by atoms with Crippen LogP contribution in [0.3, 0.4) is 0 Å². The van der Waals surface area contributed by atoms with Gasteiger partial charge < -0.3 is 15.0 Å². The van der Waals surface area contributed by atoms with E-state index in [9.17, 15) is 4.79 Å². The number of anilines is 2. The van der Waals surface area contributed by atoms with Gasteiger partial charge >= 0.3 is 0 Å². The molecule has 1 aliphatic rings. The summed E-state index contributed by atoms with van der Waals surface area (Å²) in [5.74, 6) is 1.44. The number of carbonyl (C=O) groups is 1. The summed E-state index contributed by atoms with van der Waals surface area (Å²) in [6.45, 7) is 8.48. The molecule has 0 bridgehead atoms. The van der Waals surface area contributed by atoms with Crippen LogP contribution in [0.4, 0.5) is 11.6 Å². The smallest absolute Gasteiger partial charge is 0.227 e. The number of benzene rings is 1. The number of nitrogens with one attached hydrogen (secondary N) is 1. The summed E-state index contributed by atoms with van der Waals surface area (Å²) >= 11 is 0. The Bertz CT molecular complexity index is 790. The molecule has 1 aromatic heterocycles. The van der Waals surface area contributed by atoms with Crippen molar-refractivity contribution in [2.75, 3.05) is 29.9 Å². The van der Waals surface area contributed by atoms with Crippen LogP contribution in [-0.4, -0.2) is 35.6 Å². The Morgan fingerprint density at radius 1 is 1.26 bits per heavy atom. The summed E-state index contributed by atoms with van der Waals surface area (Å²) in [5, 5.41) is 3.03. The number of aryl methyl sites for hydroxylation is 1. The number of hydrogen-bond donors (Lipinski definition) is 1. The van der Waals surface area contributed by atoms with Crippen LogP contribution in [0.25, 0.3) is 0 Å². The van der Waals surface area contributed by atoms with Crippen molar-refractivity contribution in [3.8, 4) is 5.75 Å². The topological polar surface area (TPSA) is 67.3 Å². The van der Waals surface area contributed by atoms with E-state index < -0.39 is 0 Å². The third kappa shape index (κ3) is 4.38. The average molecular weight is 368 g/mol. The predicted molar refractivity (Wildman–Crippen MR) is 107 cm³/mol. The first-order chi connectivity index (χ1) is 13.2. The fourth-order valence-corrected chi connectivity index (χ4v) is 3.47. The lowest BCUT2D eigenvalue weighted by molar-refractivity contribution is -0.120. The maximum absolute atomic E-state index is 12.8. The van der Waals surface area contributed by atoms with E-state index in [0.717, 1.165) is 48.8 Å². The summed E-state index contributed by atoms with van der Waals surface area (Å²) in [6, 6.07) is 7.55. The van der Waals surface area contributed by atoms with E-state index in [-0.39, 0.29) is 11.8 Å². The van der Waals surface area contributed by atoms with Crippen LogP contribution in [0.15, 0.2) is 30.5 Å². The van der Waals surface area contributed by atoms with Crippen LogP contribution in [0, 0.1) is 5.92 Å². The summed E-state index contributed by atoms with van der Waals surface area (Å²) in [5.41, 5.74) is 2.88. The van der Waals surface area contributed by atoms with Gasteiger partial charge in [-0.1, -0.05) is 12.1 Å². The Morgan fingerprint density at radius 3 is 2.78 bits per heavy atom. The van der Waals surface area contributed by atoms with E-state index in [1.165, 1.54) is 0 Å². The van der Waals surface area contributed by atoms with Crippen LogP contribution in [0.1, 0.15) is 38.4 Å². The highest BCUT2D eigenvalue weighted by Crippen LogP contribution is 2.29. The Labute approximate surface area is 161 Å². The number of fused-ring (bicyclic) bond motifs is 1. The van der Waals surface area contributed by atoms with Crippen molar-refractivity contribution in [2.45, 2.75) is 40.0 Å². The molecule has 6 heteroatoms.